The van der Waals surface area contributed by atoms with Crippen LogP contribution in [0.5, 0.6) is 0 Å². The SMILES string of the molecule is CCSCNC(=O)C(COC)NC. The first-order valence-electron chi connectivity index (χ1n) is 4.27. The van der Waals surface area contributed by atoms with E-state index in [2.05, 4.69) is 17.6 Å². The summed E-state index contributed by atoms with van der Waals surface area (Å²) < 4.78 is 4.89. The first-order chi connectivity index (χ1) is 6.26. The van der Waals surface area contributed by atoms with Gasteiger partial charge >= 0.3 is 0 Å². The summed E-state index contributed by atoms with van der Waals surface area (Å²) in [6, 6.07) is -0.248. The van der Waals surface area contributed by atoms with Crippen LogP contribution in [-0.2, 0) is 9.53 Å². The Balaban J connectivity index is 3.64. The lowest BCUT2D eigenvalue weighted by Crippen LogP contribution is -2.45. The zero-order valence-electron chi connectivity index (χ0n) is 8.42. The van der Waals surface area contributed by atoms with Crippen LogP contribution in [0.1, 0.15) is 6.92 Å². The Kier molecular flexibility index (Phi) is 8.18. The van der Waals surface area contributed by atoms with Gasteiger partial charge in [0.1, 0.15) is 6.04 Å². The first-order valence-corrected chi connectivity index (χ1v) is 5.43. The monoisotopic (exact) mass is 206 g/mol. The van der Waals surface area contributed by atoms with E-state index >= 15 is 0 Å². The number of hydrogen-bond acceptors (Lipinski definition) is 4. The molecule has 0 aromatic rings. The van der Waals surface area contributed by atoms with Gasteiger partial charge in [0.2, 0.25) is 5.91 Å². The fourth-order valence-corrected chi connectivity index (χ4v) is 1.25. The van der Waals surface area contributed by atoms with Gasteiger partial charge in [-0.25, -0.2) is 0 Å². The summed E-state index contributed by atoms with van der Waals surface area (Å²) in [7, 11) is 3.33. The number of methoxy groups -OCH3 is 1. The molecule has 78 valence electrons. The van der Waals surface area contributed by atoms with E-state index in [1.165, 1.54) is 0 Å². The Bertz CT molecular complexity index is 144. The van der Waals surface area contributed by atoms with Crippen molar-refractivity contribution in [3.05, 3.63) is 0 Å². The number of carbonyl (C=O) groups is 1. The Hall–Kier alpha value is -0.260. The molecule has 13 heavy (non-hydrogen) atoms. The molecular formula is C8H18N2O2S. The summed E-state index contributed by atoms with van der Waals surface area (Å²) in [5.74, 6) is 1.66. The number of nitrogens with one attached hydrogen (secondary N) is 2. The van der Waals surface area contributed by atoms with Gasteiger partial charge in [0, 0.05) is 7.11 Å². The van der Waals surface area contributed by atoms with E-state index in [0.29, 0.717) is 12.5 Å². The minimum absolute atomic E-state index is 0.00898. The van der Waals surface area contributed by atoms with Crippen molar-refractivity contribution in [2.75, 3.05) is 32.4 Å². The molecule has 0 aliphatic rings. The second kappa shape index (κ2) is 8.34. The molecule has 1 unspecified atom stereocenters. The van der Waals surface area contributed by atoms with E-state index in [1.807, 2.05) is 0 Å². The molecule has 2 N–H and O–H groups in total. The van der Waals surface area contributed by atoms with Crippen LogP contribution < -0.4 is 10.6 Å². The van der Waals surface area contributed by atoms with E-state index in [0.717, 1.165) is 5.75 Å². The maximum absolute atomic E-state index is 11.4. The molecule has 0 rings (SSSR count). The molecule has 0 aliphatic heterocycles. The zero-order valence-corrected chi connectivity index (χ0v) is 9.24. The van der Waals surface area contributed by atoms with Crippen molar-refractivity contribution in [2.24, 2.45) is 0 Å². The van der Waals surface area contributed by atoms with Gasteiger partial charge in [0.15, 0.2) is 0 Å². The minimum Gasteiger partial charge on any atom is -0.383 e. The number of ether oxygens (including phenoxy) is 1. The number of rotatable bonds is 7. The van der Waals surface area contributed by atoms with Crippen LogP contribution in [0.4, 0.5) is 0 Å². The number of hydrogen-bond donors (Lipinski definition) is 2. The average molecular weight is 206 g/mol. The molecule has 1 atom stereocenters. The van der Waals surface area contributed by atoms with Crippen molar-refractivity contribution in [2.45, 2.75) is 13.0 Å². The van der Waals surface area contributed by atoms with Gasteiger partial charge in [-0.15, -0.1) is 11.8 Å². The number of carbonyl (C=O) groups excluding carboxylic acids is 1. The molecule has 5 heteroatoms. The topological polar surface area (TPSA) is 50.4 Å². The summed E-state index contributed by atoms with van der Waals surface area (Å²) in [4.78, 5) is 11.4. The van der Waals surface area contributed by atoms with E-state index in [9.17, 15) is 4.79 Å². The smallest absolute Gasteiger partial charge is 0.240 e. The maximum atomic E-state index is 11.4. The van der Waals surface area contributed by atoms with Gasteiger partial charge in [-0.3, -0.25) is 4.79 Å². The second-order valence-corrected chi connectivity index (χ2v) is 3.75. The van der Waals surface area contributed by atoms with Crippen LogP contribution in [0, 0.1) is 0 Å². The molecule has 0 aromatic heterocycles. The van der Waals surface area contributed by atoms with Crippen LogP contribution in [-0.4, -0.2) is 44.3 Å². The second-order valence-electron chi connectivity index (χ2n) is 2.47. The van der Waals surface area contributed by atoms with Crippen LogP contribution >= 0.6 is 11.8 Å². The predicted octanol–water partition coefficient (Wildman–Crippen LogP) is 0.0476. The number of likely N-dealkylation sites (N-methyl/N-ethyl adjacent to an activating group) is 1. The lowest BCUT2D eigenvalue weighted by Gasteiger charge is -2.14. The molecule has 0 saturated carbocycles. The average Bonchev–Trinajstić information content (AvgIpc) is 2.14. The summed E-state index contributed by atoms with van der Waals surface area (Å²) in [5.41, 5.74) is 0. The summed E-state index contributed by atoms with van der Waals surface area (Å²) in [6.07, 6.45) is 0. The van der Waals surface area contributed by atoms with Crippen molar-refractivity contribution in [1.29, 1.82) is 0 Å². The highest BCUT2D eigenvalue weighted by Crippen LogP contribution is 1.94. The standard InChI is InChI=1S/C8H18N2O2S/c1-4-13-6-10-8(11)7(9-2)5-12-3/h7,9H,4-6H2,1-3H3,(H,10,11). The predicted molar refractivity (Wildman–Crippen MR) is 55.9 cm³/mol. The lowest BCUT2D eigenvalue weighted by molar-refractivity contribution is -0.123. The Morgan fingerprint density at radius 1 is 1.62 bits per heavy atom. The van der Waals surface area contributed by atoms with Gasteiger partial charge in [-0.05, 0) is 12.8 Å². The highest BCUT2D eigenvalue weighted by molar-refractivity contribution is 7.99. The van der Waals surface area contributed by atoms with Crippen LogP contribution in [0.25, 0.3) is 0 Å². The quantitative estimate of drug-likeness (QED) is 0.456. The Morgan fingerprint density at radius 3 is 2.77 bits per heavy atom. The van der Waals surface area contributed by atoms with Gasteiger partial charge in [0.05, 0.1) is 12.5 Å². The highest BCUT2D eigenvalue weighted by Gasteiger charge is 2.14. The van der Waals surface area contributed by atoms with E-state index in [1.54, 1.807) is 25.9 Å². The van der Waals surface area contributed by atoms with Gasteiger partial charge < -0.3 is 15.4 Å². The minimum atomic E-state index is -0.248. The van der Waals surface area contributed by atoms with Crippen molar-refractivity contribution >= 4 is 17.7 Å². The van der Waals surface area contributed by atoms with Gasteiger partial charge in [0.25, 0.3) is 0 Å². The third-order valence-corrected chi connectivity index (χ3v) is 2.31. The molecule has 0 aliphatic carbocycles. The Labute approximate surface area is 83.8 Å². The Morgan fingerprint density at radius 2 is 2.31 bits per heavy atom. The van der Waals surface area contributed by atoms with Gasteiger partial charge in [-0.1, -0.05) is 6.92 Å². The largest absolute Gasteiger partial charge is 0.383 e. The maximum Gasteiger partial charge on any atom is 0.240 e. The third-order valence-electron chi connectivity index (χ3n) is 1.55. The number of amides is 1. The van der Waals surface area contributed by atoms with Crippen LogP contribution in [0.3, 0.4) is 0 Å². The zero-order chi connectivity index (χ0) is 10.1. The van der Waals surface area contributed by atoms with Crippen LogP contribution in [0.2, 0.25) is 0 Å². The van der Waals surface area contributed by atoms with E-state index in [-0.39, 0.29) is 11.9 Å². The summed E-state index contributed by atoms with van der Waals surface area (Å²) >= 11 is 1.68. The fourth-order valence-electron chi connectivity index (χ4n) is 0.804. The summed E-state index contributed by atoms with van der Waals surface area (Å²) in [6.45, 7) is 2.46. The molecule has 0 bridgehead atoms. The molecule has 0 saturated heterocycles. The molecule has 0 fully saturated rings. The molecular weight excluding hydrogens is 188 g/mol. The molecule has 0 aromatic carbocycles. The molecule has 1 amide bonds. The first kappa shape index (κ1) is 12.7. The summed E-state index contributed by atoms with van der Waals surface area (Å²) in [5, 5.41) is 5.68. The van der Waals surface area contributed by atoms with Crippen molar-refractivity contribution in [3.8, 4) is 0 Å². The molecule has 4 nitrogen and oxygen atoms in total. The van der Waals surface area contributed by atoms with E-state index < -0.39 is 0 Å². The van der Waals surface area contributed by atoms with Crippen molar-refractivity contribution in [1.82, 2.24) is 10.6 Å². The third kappa shape index (κ3) is 5.90. The van der Waals surface area contributed by atoms with Crippen molar-refractivity contribution in [3.63, 3.8) is 0 Å². The number of thioether (sulfide) groups is 1. The van der Waals surface area contributed by atoms with Crippen LogP contribution in [0.15, 0.2) is 0 Å². The van der Waals surface area contributed by atoms with E-state index in [4.69, 9.17) is 4.74 Å². The molecule has 0 radical (unpaired) electrons. The van der Waals surface area contributed by atoms with Gasteiger partial charge in [-0.2, -0.15) is 0 Å². The van der Waals surface area contributed by atoms with Crippen molar-refractivity contribution < 1.29 is 9.53 Å². The highest BCUT2D eigenvalue weighted by atomic mass is 32.2. The molecule has 0 spiro atoms. The lowest BCUT2D eigenvalue weighted by atomic mass is 10.3. The molecule has 0 heterocycles. The normalized spacial score (nSPS) is 12.5. The fraction of sp³-hybridized carbons (Fsp3) is 0.875.